The van der Waals surface area contributed by atoms with E-state index in [1.54, 1.807) is 35.6 Å². The van der Waals surface area contributed by atoms with E-state index in [0.29, 0.717) is 46.7 Å². The van der Waals surface area contributed by atoms with Crippen LogP contribution in [0.15, 0.2) is 36.9 Å². The third-order valence-electron chi connectivity index (χ3n) is 6.03. The smallest absolute Gasteiger partial charge is 0.410 e. The SMILES string of the molecule is CCOc1cncc(-c2cnc(C(=O)N[C@H](C[C@H]3CCCCN3C(=O)OC(C)(C)C)c3cc(Cl)ccn3)s2)n1. The van der Waals surface area contributed by atoms with Crippen LogP contribution in [0.1, 0.15) is 74.9 Å². The second kappa shape index (κ2) is 12.7. The molecule has 2 amide bonds. The van der Waals surface area contributed by atoms with Gasteiger partial charge in [-0.2, -0.15) is 0 Å². The number of thiazole rings is 1. The monoisotopic (exact) mass is 572 g/mol. The fraction of sp³-hybridized carbons (Fsp3) is 0.481. The van der Waals surface area contributed by atoms with Crippen molar-refractivity contribution in [2.45, 2.75) is 71.1 Å². The fourth-order valence-corrected chi connectivity index (χ4v) is 5.29. The van der Waals surface area contributed by atoms with Crippen molar-refractivity contribution >= 4 is 34.9 Å². The Morgan fingerprint density at radius 1 is 1.23 bits per heavy atom. The number of rotatable bonds is 8. The first-order valence-electron chi connectivity index (χ1n) is 13.0. The molecule has 4 heterocycles. The molecule has 0 aliphatic carbocycles. The highest BCUT2D eigenvalue weighted by Gasteiger charge is 2.33. The summed E-state index contributed by atoms with van der Waals surface area (Å²) < 4.78 is 11.1. The largest absolute Gasteiger partial charge is 0.477 e. The summed E-state index contributed by atoms with van der Waals surface area (Å²) in [5.41, 5.74) is 0.578. The average Bonchev–Trinajstić information content (AvgIpc) is 3.39. The summed E-state index contributed by atoms with van der Waals surface area (Å²) in [6.45, 7) is 8.49. The lowest BCUT2D eigenvalue weighted by atomic mass is 9.94. The second-order valence-electron chi connectivity index (χ2n) is 10.2. The number of piperidine rings is 1. The molecule has 4 rings (SSSR count). The van der Waals surface area contributed by atoms with Crippen LogP contribution >= 0.6 is 22.9 Å². The van der Waals surface area contributed by atoms with Crippen molar-refractivity contribution in [2.75, 3.05) is 13.2 Å². The Hall–Kier alpha value is -3.31. The number of hydrogen-bond acceptors (Lipinski definition) is 9. The van der Waals surface area contributed by atoms with Crippen LogP contribution in [-0.4, -0.2) is 61.6 Å². The first-order valence-corrected chi connectivity index (χ1v) is 14.2. The Morgan fingerprint density at radius 3 is 2.79 bits per heavy atom. The number of carbonyl (C=O) groups excluding carboxylic acids is 2. The van der Waals surface area contributed by atoms with Crippen molar-refractivity contribution in [1.29, 1.82) is 0 Å². The number of aromatic nitrogens is 4. The molecule has 1 aliphatic heterocycles. The molecule has 208 valence electrons. The van der Waals surface area contributed by atoms with E-state index < -0.39 is 11.6 Å². The van der Waals surface area contributed by atoms with E-state index in [9.17, 15) is 9.59 Å². The first kappa shape index (κ1) is 28.7. The predicted octanol–water partition coefficient (Wildman–Crippen LogP) is 5.70. The van der Waals surface area contributed by atoms with E-state index in [2.05, 4.69) is 25.3 Å². The standard InChI is InChI=1S/C27H33ClN6O4S/c1-5-37-23-16-29-14-21(32-23)22-15-31-25(39-22)24(35)33-20(19-12-17(28)9-10-30-19)13-18-8-6-7-11-34(18)26(36)38-27(2,3)4/h9-10,12,14-16,18,20H,5-8,11,13H2,1-4H3,(H,33,35)/t18-,20-/m1/s1. The lowest BCUT2D eigenvalue weighted by Crippen LogP contribution is -2.47. The Kier molecular flexibility index (Phi) is 9.34. The lowest BCUT2D eigenvalue weighted by Gasteiger charge is -2.38. The van der Waals surface area contributed by atoms with Gasteiger partial charge in [0.05, 0.1) is 35.6 Å². The van der Waals surface area contributed by atoms with Crippen LogP contribution in [0.5, 0.6) is 5.88 Å². The number of halogens is 1. The molecule has 1 N–H and O–H groups in total. The summed E-state index contributed by atoms with van der Waals surface area (Å²) in [5, 5.41) is 3.86. The Balaban J connectivity index is 1.55. The second-order valence-corrected chi connectivity index (χ2v) is 11.7. The zero-order chi connectivity index (χ0) is 28.0. The van der Waals surface area contributed by atoms with Gasteiger partial charge in [-0.1, -0.05) is 11.6 Å². The summed E-state index contributed by atoms with van der Waals surface area (Å²) in [5.74, 6) is 0.0510. The number of ether oxygens (including phenoxy) is 2. The summed E-state index contributed by atoms with van der Waals surface area (Å²) in [7, 11) is 0. The van der Waals surface area contributed by atoms with Crippen molar-refractivity contribution in [3.63, 3.8) is 0 Å². The van der Waals surface area contributed by atoms with Crippen LogP contribution in [-0.2, 0) is 4.74 Å². The zero-order valence-corrected chi connectivity index (χ0v) is 24.1. The van der Waals surface area contributed by atoms with E-state index in [1.807, 2.05) is 27.7 Å². The van der Waals surface area contributed by atoms with Gasteiger partial charge < -0.3 is 19.7 Å². The highest BCUT2D eigenvalue weighted by molar-refractivity contribution is 7.16. The van der Waals surface area contributed by atoms with Crippen molar-refractivity contribution in [1.82, 2.24) is 30.2 Å². The first-order chi connectivity index (χ1) is 18.6. The van der Waals surface area contributed by atoms with Crippen molar-refractivity contribution in [3.8, 4) is 16.5 Å². The number of hydrogen-bond donors (Lipinski definition) is 1. The van der Waals surface area contributed by atoms with Crippen molar-refractivity contribution in [3.05, 3.63) is 52.6 Å². The summed E-state index contributed by atoms with van der Waals surface area (Å²) in [6, 6.07) is 2.78. The average molecular weight is 573 g/mol. The highest BCUT2D eigenvalue weighted by Crippen LogP contribution is 2.30. The molecule has 1 fully saturated rings. The van der Waals surface area contributed by atoms with Gasteiger partial charge >= 0.3 is 6.09 Å². The fourth-order valence-electron chi connectivity index (χ4n) is 4.35. The van der Waals surface area contributed by atoms with Crippen LogP contribution in [0, 0.1) is 0 Å². The number of carbonyl (C=O) groups is 2. The quantitative estimate of drug-likeness (QED) is 0.365. The maximum absolute atomic E-state index is 13.4. The van der Waals surface area contributed by atoms with Gasteiger partial charge in [-0.15, -0.1) is 11.3 Å². The van der Waals surface area contributed by atoms with Gasteiger partial charge in [0.25, 0.3) is 5.91 Å². The van der Waals surface area contributed by atoms with Gasteiger partial charge in [0.1, 0.15) is 11.3 Å². The number of likely N-dealkylation sites (tertiary alicyclic amines) is 1. The number of pyridine rings is 1. The Bertz CT molecular complexity index is 1300. The summed E-state index contributed by atoms with van der Waals surface area (Å²) in [6.07, 6.45) is 9.12. The van der Waals surface area contributed by atoms with Crippen LogP contribution in [0.25, 0.3) is 10.6 Å². The molecule has 12 heteroatoms. The van der Waals surface area contributed by atoms with Gasteiger partial charge in [0, 0.05) is 30.0 Å². The number of amides is 2. The molecule has 1 saturated heterocycles. The van der Waals surface area contributed by atoms with Gasteiger partial charge in [-0.25, -0.2) is 14.8 Å². The molecule has 3 aromatic heterocycles. The molecule has 0 radical (unpaired) electrons. The molecule has 39 heavy (non-hydrogen) atoms. The maximum Gasteiger partial charge on any atom is 0.410 e. The Morgan fingerprint density at radius 2 is 2.05 bits per heavy atom. The van der Waals surface area contributed by atoms with E-state index in [1.165, 1.54) is 17.5 Å². The van der Waals surface area contributed by atoms with Crippen LogP contribution in [0.2, 0.25) is 5.02 Å². The molecule has 0 aromatic carbocycles. The Labute approximate surface area is 237 Å². The van der Waals surface area contributed by atoms with Gasteiger partial charge in [0.2, 0.25) is 5.88 Å². The molecule has 0 unspecified atom stereocenters. The highest BCUT2D eigenvalue weighted by atomic mass is 35.5. The van der Waals surface area contributed by atoms with E-state index in [-0.39, 0.29) is 23.0 Å². The van der Waals surface area contributed by atoms with Crippen LogP contribution in [0.4, 0.5) is 4.79 Å². The predicted molar refractivity (Wildman–Crippen MR) is 149 cm³/mol. The summed E-state index contributed by atoms with van der Waals surface area (Å²) in [4.78, 5) is 46.2. The summed E-state index contributed by atoms with van der Waals surface area (Å²) >= 11 is 7.48. The van der Waals surface area contributed by atoms with E-state index in [4.69, 9.17) is 21.1 Å². The zero-order valence-electron chi connectivity index (χ0n) is 22.5. The molecule has 10 nitrogen and oxygen atoms in total. The number of nitrogens with zero attached hydrogens (tertiary/aromatic N) is 5. The molecule has 3 aromatic rings. The third kappa shape index (κ3) is 7.86. The molecule has 1 aliphatic rings. The molecule has 0 spiro atoms. The lowest BCUT2D eigenvalue weighted by molar-refractivity contribution is 0.00767. The van der Waals surface area contributed by atoms with Gasteiger partial charge in [-0.05, 0) is 65.5 Å². The van der Waals surface area contributed by atoms with Gasteiger partial charge in [-0.3, -0.25) is 14.8 Å². The minimum Gasteiger partial charge on any atom is -0.477 e. The maximum atomic E-state index is 13.4. The van der Waals surface area contributed by atoms with E-state index in [0.717, 1.165) is 19.3 Å². The van der Waals surface area contributed by atoms with Crippen molar-refractivity contribution in [2.24, 2.45) is 0 Å². The minimum atomic E-state index is -0.601. The van der Waals surface area contributed by atoms with Gasteiger partial charge in [0.15, 0.2) is 5.01 Å². The molecule has 2 atom stereocenters. The van der Waals surface area contributed by atoms with Crippen molar-refractivity contribution < 1.29 is 19.1 Å². The van der Waals surface area contributed by atoms with E-state index >= 15 is 0 Å². The molecule has 0 bridgehead atoms. The molecule has 0 saturated carbocycles. The minimum absolute atomic E-state index is 0.136. The van der Waals surface area contributed by atoms with Crippen LogP contribution in [0.3, 0.4) is 0 Å². The molecular weight excluding hydrogens is 540 g/mol. The number of nitrogens with one attached hydrogen (secondary N) is 1. The third-order valence-corrected chi connectivity index (χ3v) is 7.28. The topological polar surface area (TPSA) is 119 Å². The normalized spacial score (nSPS) is 16.4. The molecular formula is C27H33ClN6O4S. The van der Waals surface area contributed by atoms with Crippen LogP contribution < -0.4 is 10.1 Å².